The van der Waals surface area contributed by atoms with Crippen LogP contribution in [0.4, 0.5) is 11.5 Å². The standard InChI is InChI=1S/C15H17N3O/c1-11(2)17-14-13(9-6-10-16-14)15(19)18-12-7-4-3-5-8-12/h3-11H,1-2H3,(H,16,17)(H,18,19). The van der Waals surface area contributed by atoms with Gasteiger partial charge in [0.2, 0.25) is 0 Å². The number of nitrogens with one attached hydrogen (secondary N) is 2. The van der Waals surface area contributed by atoms with Crippen LogP contribution >= 0.6 is 0 Å². The van der Waals surface area contributed by atoms with Crippen molar-refractivity contribution in [3.05, 3.63) is 54.2 Å². The van der Waals surface area contributed by atoms with E-state index in [4.69, 9.17) is 0 Å². The van der Waals surface area contributed by atoms with Gasteiger partial charge >= 0.3 is 0 Å². The Labute approximate surface area is 112 Å². The van der Waals surface area contributed by atoms with E-state index in [-0.39, 0.29) is 11.9 Å². The molecule has 4 nitrogen and oxygen atoms in total. The van der Waals surface area contributed by atoms with Gasteiger partial charge in [0.1, 0.15) is 5.82 Å². The molecule has 0 bridgehead atoms. The molecule has 0 spiro atoms. The minimum Gasteiger partial charge on any atom is -0.367 e. The number of carbonyl (C=O) groups excluding carboxylic acids is 1. The van der Waals surface area contributed by atoms with Crippen molar-refractivity contribution < 1.29 is 4.79 Å². The van der Waals surface area contributed by atoms with Crippen molar-refractivity contribution in [1.29, 1.82) is 0 Å². The van der Waals surface area contributed by atoms with Crippen LogP contribution in [0.15, 0.2) is 48.7 Å². The maximum atomic E-state index is 12.2. The Balaban J connectivity index is 2.19. The number of anilines is 2. The SMILES string of the molecule is CC(C)Nc1ncccc1C(=O)Nc1ccccc1. The molecule has 2 rings (SSSR count). The lowest BCUT2D eigenvalue weighted by atomic mass is 10.2. The number of para-hydroxylation sites is 1. The number of carbonyl (C=O) groups is 1. The lowest BCUT2D eigenvalue weighted by Gasteiger charge is -2.13. The molecule has 98 valence electrons. The van der Waals surface area contributed by atoms with Crippen LogP contribution < -0.4 is 10.6 Å². The lowest BCUT2D eigenvalue weighted by molar-refractivity contribution is 0.102. The molecule has 19 heavy (non-hydrogen) atoms. The van der Waals surface area contributed by atoms with Gasteiger partial charge in [0.05, 0.1) is 5.56 Å². The molecule has 0 saturated heterocycles. The molecule has 1 aromatic heterocycles. The van der Waals surface area contributed by atoms with Gasteiger partial charge in [-0.2, -0.15) is 0 Å². The molecular formula is C15H17N3O. The van der Waals surface area contributed by atoms with Crippen molar-refractivity contribution in [2.75, 3.05) is 10.6 Å². The zero-order valence-electron chi connectivity index (χ0n) is 11.1. The summed E-state index contributed by atoms with van der Waals surface area (Å²) in [7, 11) is 0. The third-order valence-electron chi connectivity index (χ3n) is 2.51. The molecule has 0 aliphatic heterocycles. The quantitative estimate of drug-likeness (QED) is 0.882. The fraction of sp³-hybridized carbons (Fsp3) is 0.200. The first kappa shape index (κ1) is 13.1. The van der Waals surface area contributed by atoms with E-state index in [9.17, 15) is 4.79 Å². The second-order valence-electron chi connectivity index (χ2n) is 4.52. The first-order chi connectivity index (χ1) is 9.16. The zero-order chi connectivity index (χ0) is 13.7. The van der Waals surface area contributed by atoms with E-state index in [0.717, 1.165) is 5.69 Å². The van der Waals surface area contributed by atoms with Crippen LogP contribution in [0.25, 0.3) is 0 Å². The van der Waals surface area contributed by atoms with Gasteiger partial charge in [-0.3, -0.25) is 4.79 Å². The van der Waals surface area contributed by atoms with Gasteiger partial charge in [-0.05, 0) is 38.1 Å². The molecule has 0 atom stereocenters. The summed E-state index contributed by atoms with van der Waals surface area (Å²) in [5, 5.41) is 6.02. The second-order valence-corrected chi connectivity index (χ2v) is 4.52. The Morgan fingerprint density at radius 1 is 1.11 bits per heavy atom. The number of nitrogens with zero attached hydrogens (tertiary/aromatic N) is 1. The zero-order valence-corrected chi connectivity index (χ0v) is 11.1. The smallest absolute Gasteiger partial charge is 0.259 e. The van der Waals surface area contributed by atoms with Crippen LogP contribution in [0.5, 0.6) is 0 Å². The summed E-state index contributed by atoms with van der Waals surface area (Å²) in [5.74, 6) is 0.438. The van der Waals surface area contributed by atoms with Crippen molar-refractivity contribution in [2.24, 2.45) is 0 Å². The Kier molecular flexibility index (Phi) is 4.13. The molecule has 1 aromatic carbocycles. The summed E-state index contributed by atoms with van der Waals surface area (Å²) in [6.07, 6.45) is 1.67. The van der Waals surface area contributed by atoms with E-state index in [1.807, 2.05) is 44.2 Å². The third kappa shape index (κ3) is 3.55. The highest BCUT2D eigenvalue weighted by Crippen LogP contribution is 2.15. The van der Waals surface area contributed by atoms with Gasteiger partial charge in [-0.15, -0.1) is 0 Å². The molecule has 0 unspecified atom stereocenters. The predicted octanol–water partition coefficient (Wildman–Crippen LogP) is 3.15. The van der Waals surface area contributed by atoms with Crippen LogP contribution in [-0.4, -0.2) is 16.9 Å². The van der Waals surface area contributed by atoms with Crippen molar-refractivity contribution in [3.8, 4) is 0 Å². The van der Waals surface area contributed by atoms with Crippen LogP contribution in [0, 0.1) is 0 Å². The van der Waals surface area contributed by atoms with Gasteiger partial charge in [0.15, 0.2) is 0 Å². The Bertz CT molecular complexity index is 552. The summed E-state index contributed by atoms with van der Waals surface area (Å²) in [6.45, 7) is 4.02. The first-order valence-electron chi connectivity index (χ1n) is 6.25. The summed E-state index contributed by atoms with van der Waals surface area (Å²) >= 11 is 0. The highest BCUT2D eigenvalue weighted by molar-refractivity contribution is 6.07. The van der Waals surface area contributed by atoms with Gasteiger partial charge in [0.25, 0.3) is 5.91 Å². The summed E-state index contributed by atoms with van der Waals surface area (Å²) in [5.41, 5.74) is 1.31. The molecule has 2 aromatic rings. The van der Waals surface area contributed by atoms with Crippen molar-refractivity contribution >= 4 is 17.4 Å². The molecule has 1 heterocycles. The average Bonchev–Trinajstić information content (AvgIpc) is 2.39. The van der Waals surface area contributed by atoms with E-state index in [1.165, 1.54) is 0 Å². The van der Waals surface area contributed by atoms with Crippen molar-refractivity contribution in [3.63, 3.8) is 0 Å². The number of benzene rings is 1. The van der Waals surface area contributed by atoms with E-state index in [2.05, 4.69) is 15.6 Å². The normalized spacial score (nSPS) is 10.3. The Morgan fingerprint density at radius 2 is 1.84 bits per heavy atom. The van der Waals surface area contributed by atoms with Crippen LogP contribution in [0.3, 0.4) is 0 Å². The highest BCUT2D eigenvalue weighted by Gasteiger charge is 2.12. The average molecular weight is 255 g/mol. The Morgan fingerprint density at radius 3 is 2.53 bits per heavy atom. The third-order valence-corrected chi connectivity index (χ3v) is 2.51. The number of hydrogen-bond acceptors (Lipinski definition) is 3. The van der Waals surface area contributed by atoms with E-state index in [0.29, 0.717) is 11.4 Å². The van der Waals surface area contributed by atoms with Crippen LogP contribution in [-0.2, 0) is 0 Å². The number of pyridine rings is 1. The largest absolute Gasteiger partial charge is 0.367 e. The number of aromatic nitrogens is 1. The molecule has 2 N–H and O–H groups in total. The fourth-order valence-electron chi connectivity index (χ4n) is 1.70. The molecule has 0 saturated carbocycles. The summed E-state index contributed by atoms with van der Waals surface area (Å²) in [6, 6.07) is 13.1. The van der Waals surface area contributed by atoms with Crippen molar-refractivity contribution in [1.82, 2.24) is 4.98 Å². The summed E-state index contributed by atoms with van der Waals surface area (Å²) < 4.78 is 0. The molecule has 0 aliphatic carbocycles. The minimum absolute atomic E-state index is 0.164. The summed E-state index contributed by atoms with van der Waals surface area (Å²) in [4.78, 5) is 16.4. The molecule has 0 fully saturated rings. The van der Waals surface area contributed by atoms with Gasteiger partial charge in [-0.25, -0.2) is 4.98 Å². The van der Waals surface area contributed by atoms with E-state index < -0.39 is 0 Å². The van der Waals surface area contributed by atoms with Crippen molar-refractivity contribution in [2.45, 2.75) is 19.9 Å². The number of amides is 1. The van der Waals surface area contributed by atoms with Crippen LogP contribution in [0.1, 0.15) is 24.2 Å². The monoisotopic (exact) mass is 255 g/mol. The molecule has 4 heteroatoms. The fourth-order valence-corrected chi connectivity index (χ4v) is 1.70. The minimum atomic E-state index is -0.164. The molecular weight excluding hydrogens is 238 g/mol. The first-order valence-corrected chi connectivity index (χ1v) is 6.25. The number of hydrogen-bond donors (Lipinski definition) is 2. The predicted molar refractivity (Wildman–Crippen MR) is 77.4 cm³/mol. The van der Waals surface area contributed by atoms with E-state index in [1.54, 1.807) is 18.3 Å². The Hall–Kier alpha value is -2.36. The van der Waals surface area contributed by atoms with Gasteiger partial charge in [-0.1, -0.05) is 18.2 Å². The van der Waals surface area contributed by atoms with Crippen LogP contribution in [0.2, 0.25) is 0 Å². The lowest BCUT2D eigenvalue weighted by Crippen LogP contribution is -2.18. The molecule has 1 amide bonds. The van der Waals surface area contributed by atoms with Gasteiger partial charge in [0, 0.05) is 17.9 Å². The highest BCUT2D eigenvalue weighted by atomic mass is 16.1. The topological polar surface area (TPSA) is 54.0 Å². The van der Waals surface area contributed by atoms with E-state index >= 15 is 0 Å². The number of rotatable bonds is 4. The molecule has 0 radical (unpaired) electrons. The van der Waals surface area contributed by atoms with Gasteiger partial charge < -0.3 is 10.6 Å². The maximum absolute atomic E-state index is 12.2. The molecule has 0 aliphatic rings. The second kappa shape index (κ2) is 6.00. The maximum Gasteiger partial charge on any atom is 0.259 e.